The van der Waals surface area contributed by atoms with Crippen LogP contribution in [-0.4, -0.2) is 47.5 Å². The smallest absolute Gasteiger partial charge is 0.276 e. The molecular formula is C22H21F2N3O3. The highest BCUT2D eigenvalue weighted by Crippen LogP contribution is 2.25. The van der Waals surface area contributed by atoms with Gasteiger partial charge in [0.25, 0.3) is 5.91 Å². The first-order valence-electron chi connectivity index (χ1n) is 9.59. The van der Waals surface area contributed by atoms with Crippen LogP contribution in [-0.2, 0) is 6.61 Å². The number of piperazine rings is 1. The van der Waals surface area contributed by atoms with Crippen molar-refractivity contribution in [1.82, 2.24) is 15.0 Å². The van der Waals surface area contributed by atoms with Gasteiger partial charge in [0.2, 0.25) is 0 Å². The lowest BCUT2D eigenvalue weighted by Crippen LogP contribution is -2.49. The number of halogens is 2. The number of hydrogen-bond acceptors (Lipinski definition) is 5. The Labute approximate surface area is 172 Å². The molecule has 4 rings (SSSR count). The lowest BCUT2D eigenvalue weighted by molar-refractivity contribution is 0.0536. The van der Waals surface area contributed by atoms with E-state index in [1.54, 1.807) is 4.90 Å². The molecule has 2 aromatic carbocycles. The standard InChI is InChI=1S/C22H21F2N3O3/c1-26-9-10-27(13-21(26)15-5-3-2-4-6-15)22(28)20-12-17(30-25-20)14-29-16-7-8-18(23)19(24)11-16/h2-8,11-12,21H,9-10,13-14H2,1H3. The number of rotatable bonds is 5. The van der Waals surface area contributed by atoms with Crippen molar-refractivity contribution in [3.8, 4) is 5.75 Å². The van der Waals surface area contributed by atoms with Gasteiger partial charge in [-0.15, -0.1) is 0 Å². The van der Waals surface area contributed by atoms with Gasteiger partial charge >= 0.3 is 0 Å². The van der Waals surface area contributed by atoms with E-state index in [0.717, 1.165) is 24.2 Å². The first kappa shape index (κ1) is 20.0. The number of benzene rings is 2. The second-order valence-corrected chi connectivity index (χ2v) is 7.20. The lowest BCUT2D eigenvalue weighted by Gasteiger charge is -2.39. The molecule has 30 heavy (non-hydrogen) atoms. The van der Waals surface area contributed by atoms with Crippen LogP contribution in [0.5, 0.6) is 5.75 Å². The molecule has 2 heterocycles. The highest BCUT2D eigenvalue weighted by Gasteiger charge is 2.30. The van der Waals surface area contributed by atoms with E-state index in [0.29, 0.717) is 18.8 Å². The summed E-state index contributed by atoms with van der Waals surface area (Å²) in [6.45, 7) is 1.83. The minimum Gasteiger partial charge on any atom is -0.485 e. The minimum absolute atomic E-state index is 0.0548. The molecule has 1 aliphatic heterocycles. The summed E-state index contributed by atoms with van der Waals surface area (Å²) >= 11 is 0. The number of likely N-dealkylation sites (N-methyl/N-ethyl adjacent to an activating group) is 1. The van der Waals surface area contributed by atoms with Crippen LogP contribution in [0.1, 0.15) is 27.9 Å². The molecule has 8 heteroatoms. The van der Waals surface area contributed by atoms with Crippen LogP contribution in [0.25, 0.3) is 0 Å². The molecule has 156 valence electrons. The van der Waals surface area contributed by atoms with Gasteiger partial charge < -0.3 is 14.2 Å². The Morgan fingerprint density at radius 3 is 2.70 bits per heavy atom. The second-order valence-electron chi connectivity index (χ2n) is 7.20. The Balaban J connectivity index is 1.40. The maximum Gasteiger partial charge on any atom is 0.276 e. The van der Waals surface area contributed by atoms with Crippen LogP contribution in [0, 0.1) is 11.6 Å². The minimum atomic E-state index is -0.996. The molecule has 1 atom stereocenters. The van der Waals surface area contributed by atoms with Crippen molar-refractivity contribution in [1.29, 1.82) is 0 Å². The SMILES string of the molecule is CN1CCN(C(=O)c2cc(COc3ccc(F)c(F)c3)on2)CC1c1ccccc1. The van der Waals surface area contributed by atoms with Gasteiger partial charge in [-0.1, -0.05) is 35.5 Å². The first-order chi connectivity index (χ1) is 14.5. The highest BCUT2D eigenvalue weighted by atomic mass is 19.2. The van der Waals surface area contributed by atoms with E-state index in [1.165, 1.54) is 12.1 Å². The van der Waals surface area contributed by atoms with Crippen LogP contribution < -0.4 is 4.74 Å². The van der Waals surface area contributed by atoms with E-state index in [4.69, 9.17) is 9.26 Å². The Hall–Kier alpha value is -3.26. The Kier molecular flexibility index (Phi) is 5.76. The fourth-order valence-electron chi connectivity index (χ4n) is 3.46. The number of nitrogens with zero attached hydrogens (tertiary/aromatic N) is 3. The zero-order chi connectivity index (χ0) is 21.1. The highest BCUT2D eigenvalue weighted by molar-refractivity contribution is 5.92. The monoisotopic (exact) mass is 413 g/mol. The Bertz CT molecular complexity index is 1030. The second kappa shape index (κ2) is 8.62. The van der Waals surface area contributed by atoms with Crippen molar-refractivity contribution >= 4 is 5.91 Å². The molecule has 3 aromatic rings. The maximum atomic E-state index is 13.3. The number of aromatic nitrogens is 1. The largest absolute Gasteiger partial charge is 0.485 e. The topological polar surface area (TPSA) is 58.8 Å². The van der Waals surface area contributed by atoms with Gasteiger partial charge in [0.05, 0.1) is 6.04 Å². The van der Waals surface area contributed by atoms with Gasteiger partial charge in [-0.2, -0.15) is 0 Å². The van der Waals surface area contributed by atoms with E-state index in [2.05, 4.69) is 22.2 Å². The van der Waals surface area contributed by atoms with Gasteiger partial charge in [-0.05, 0) is 24.7 Å². The third-order valence-corrected chi connectivity index (χ3v) is 5.17. The summed E-state index contributed by atoms with van der Waals surface area (Å²) in [5, 5.41) is 3.86. The first-order valence-corrected chi connectivity index (χ1v) is 9.59. The number of amides is 1. The van der Waals surface area contributed by atoms with Crippen molar-refractivity contribution in [2.75, 3.05) is 26.7 Å². The van der Waals surface area contributed by atoms with E-state index in [9.17, 15) is 13.6 Å². The van der Waals surface area contributed by atoms with Gasteiger partial charge in [0.1, 0.15) is 12.4 Å². The number of ether oxygens (including phenoxy) is 1. The molecule has 0 saturated carbocycles. The van der Waals surface area contributed by atoms with Crippen LogP contribution >= 0.6 is 0 Å². The van der Waals surface area contributed by atoms with Gasteiger partial charge in [0.15, 0.2) is 23.1 Å². The third kappa shape index (κ3) is 4.33. The quantitative estimate of drug-likeness (QED) is 0.639. The van der Waals surface area contributed by atoms with Gasteiger partial charge in [-0.3, -0.25) is 9.69 Å². The van der Waals surface area contributed by atoms with Crippen molar-refractivity contribution in [2.45, 2.75) is 12.6 Å². The summed E-state index contributed by atoms with van der Waals surface area (Å²) in [6, 6.07) is 14.9. The predicted octanol–water partition coefficient (Wildman–Crippen LogP) is 3.66. The summed E-state index contributed by atoms with van der Waals surface area (Å²) in [6.07, 6.45) is 0. The van der Waals surface area contributed by atoms with E-state index in [1.807, 2.05) is 25.2 Å². The predicted molar refractivity (Wildman–Crippen MR) is 105 cm³/mol. The number of carbonyl (C=O) groups is 1. The van der Waals surface area contributed by atoms with Crippen LogP contribution in [0.3, 0.4) is 0 Å². The molecule has 0 radical (unpaired) electrons. The number of carbonyl (C=O) groups excluding carboxylic acids is 1. The number of hydrogen-bond donors (Lipinski definition) is 0. The zero-order valence-electron chi connectivity index (χ0n) is 16.4. The van der Waals surface area contributed by atoms with Crippen LogP contribution in [0.4, 0.5) is 8.78 Å². The molecule has 6 nitrogen and oxygen atoms in total. The van der Waals surface area contributed by atoms with Crippen LogP contribution in [0.2, 0.25) is 0 Å². The molecule has 1 saturated heterocycles. The van der Waals surface area contributed by atoms with Crippen molar-refractivity contribution in [3.05, 3.63) is 83.2 Å². The van der Waals surface area contributed by atoms with Crippen molar-refractivity contribution in [2.24, 2.45) is 0 Å². The summed E-state index contributed by atoms with van der Waals surface area (Å²) in [5.74, 6) is -1.69. The average Bonchev–Trinajstić information content (AvgIpc) is 3.24. The summed E-state index contributed by atoms with van der Waals surface area (Å²) in [7, 11) is 2.04. The summed E-state index contributed by atoms with van der Waals surface area (Å²) < 4.78 is 36.8. The van der Waals surface area contributed by atoms with Gasteiger partial charge in [0, 0.05) is 31.8 Å². The maximum absolute atomic E-state index is 13.3. The zero-order valence-corrected chi connectivity index (χ0v) is 16.4. The van der Waals surface area contributed by atoms with E-state index < -0.39 is 11.6 Å². The fourth-order valence-corrected chi connectivity index (χ4v) is 3.46. The summed E-state index contributed by atoms with van der Waals surface area (Å²) in [4.78, 5) is 16.9. The van der Waals surface area contributed by atoms with Gasteiger partial charge in [-0.25, -0.2) is 8.78 Å². The molecule has 1 aromatic heterocycles. The molecule has 0 bridgehead atoms. The average molecular weight is 413 g/mol. The van der Waals surface area contributed by atoms with Crippen molar-refractivity contribution in [3.63, 3.8) is 0 Å². The van der Waals surface area contributed by atoms with E-state index >= 15 is 0 Å². The Morgan fingerprint density at radius 1 is 1.13 bits per heavy atom. The van der Waals surface area contributed by atoms with Crippen molar-refractivity contribution < 1.29 is 22.8 Å². The molecule has 0 spiro atoms. The van der Waals surface area contributed by atoms with Crippen LogP contribution in [0.15, 0.2) is 59.1 Å². The van der Waals surface area contributed by atoms with E-state index in [-0.39, 0.29) is 30.0 Å². The molecule has 0 aliphatic carbocycles. The normalized spacial score (nSPS) is 17.2. The third-order valence-electron chi connectivity index (χ3n) is 5.17. The Morgan fingerprint density at radius 2 is 1.93 bits per heavy atom. The molecular weight excluding hydrogens is 392 g/mol. The molecule has 1 aliphatic rings. The summed E-state index contributed by atoms with van der Waals surface area (Å²) in [5.41, 5.74) is 1.34. The molecule has 1 fully saturated rings. The fraction of sp³-hybridized carbons (Fsp3) is 0.273. The molecule has 1 amide bonds. The molecule has 0 N–H and O–H groups in total. The molecule has 1 unspecified atom stereocenters. The lowest BCUT2D eigenvalue weighted by atomic mass is 10.0.